The van der Waals surface area contributed by atoms with E-state index in [1.807, 2.05) is 0 Å². The Kier molecular flexibility index (Phi) is 5.02. The zero-order valence-corrected chi connectivity index (χ0v) is 15.7. The molecule has 3 aromatic rings. The third-order valence-corrected chi connectivity index (χ3v) is 4.81. The lowest BCUT2D eigenvalue weighted by molar-refractivity contribution is -0.173. The predicted molar refractivity (Wildman–Crippen MR) is 103 cm³/mol. The molecule has 0 atom stereocenters. The van der Waals surface area contributed by atoms with Crippen molar-refractivity contribution in [2.24, 2.45) is 0 Å². The Balaban J connectivity index is 1.53. The number of halogens is 1. The van der Waals surface area contributed by atoms with Gasteiger partial charge in [-0.05, 0) is 36.4 Å². The van der Waals surface area contributed by atoms with Crippen molar-refractivity contribution in [3.05, 3.63) is 48.3 Å². The molecule has 150 valence electrons. The van der Waals surface area contributed by atoms with E-state index in [-0.39, 0.29) is 11.5 Å². The minimum absolute atomic E-state index is 0.0997. The van der Waals surface area contributed by atoms with Gasteiger partial charge in [-0.15, -0.1) is 0 Å². The van der Waals surface area contributed by atoms with Crippen molar-refractivity contribution < 1.29 is 27.9 Å². The van der Waals surface area contributed by atoms with Crippen molar-refractivity contribution in [3.8, 4) is 11.5 Å². The van der Waals surface area contributed by atoms with E-state index in [1.54, 1.807) is 36.4 Å². The van der Waals surface area contributed by atoms with Gasteiger partial charge in [-0.2, -0.15) is 0 Å². The maximum Gasteiger partial charge on any atom is 0.303 e. The van der Waals surface area contributed by atoms with Gasteiger partial charge in [0.2, 0.25) is 5.89 Å². The molecule has 0 aliphatic carbocycles. The molecule has 8 heteroatoms. The first-order valence-electron chi connectivity index (χ1n) is 9.21. The number of para-hydroxylation sites is 1. The quantitative estimate of drug-likeness (QED) is 0.674. The smallest absolute Gasteiger partial charge is 0.303 e. The van der Waals surface area contributed by atoms with E-state index in [2.05, 4.69) is 10.3 Å². The number of fused-ring (bicyclic) bond motifs is 1. The second-order valence-corrected chi connectivity index (χ2v) is 6.84. The van der Waals surface area contributed by atoms with Crippen molar-refractivity contribution in [2.75, 3.05) is 18.5 Å². The highest BCUT2D eigenvalue weighted by Gasteiger charge is 2.43. The molecule has 2 heterocycles. The number of benzene rings is 2. The van der Waals surface area contributed by atoms with Crippen LogP contribution >= 0.6 is 0 Å². The molecule has 1 saturated heterocycles. The minimum atomic E-state index is -1.24. The maximum atomic E-state index is 13.8. The Morgan fingerprint density at radius 2 is 1.86 bits per heavy atom. The fourth-order valence-corrected chi connectivity index (χ4v) is 3.33. The van der Waals surface area contributed by atoms with Crippen LogP contribution < -0.4 is 5.32 Å². The van der Waals surface area contributed by atoms with Crippen LogP contribution in [0.1, 0.15) is 19.8 Å². The van der Waals surface area contributed by atoms with Gasteiger partial charge < -0.3 is 19.2 Å². The van der Waals surface area contributed by atoms with E-state index < -0.39 is 23.3 Å². The van der Waals surface area contributed by atoms with E-state index in [1.165, 1.54) is 13.0 Å². The Hall–Kier alpha value is -3.26. The van der Waals surface area contributed by atoms with Crippen molar-refractivity contribution in [1.29, 1.82) is 0 Å². The SMILES string of the molecule is CC(=O)OC1(C(=O)Nc2ccc(-c3nc4cccc(F)c4o3)cc2)CCOCC1. The van der Waals surface area contributed by atoms with Crippen LogP contribution in [0.3, 0.4) is 0 Å². The number of nitrogens with zero attached hydrogens (tertiary/aromatic N) is 1. The molecule has 1 N–H and O–H groups in total. The molecule has 0 saturated carbocycles. The van der Waals surface area contributed by atoms with Crippen molar-refractivity contribution in [3.63, 3.8) is 0 Å². The van der Waals surface area contributed by atoms with E-state index in [0.29, 0.717) is 42.8 Å². The van der Waals surface area contributed by atoms with Gasteiger partial charge in [0.1, 0.15) is 5.52 Å². The third-order valence-electron chi connectivity index (χ3n) is 4.81. The Morgan fingerprint density at radius 3 is 2.52 bits per heavy atom. The molecule has 7 nitrogen and oxygen atoms in total. The predicted octanol–water partition coefficient (Wildman–Crippen LogP) is 3.68. The van der Waals surface area contributed by atoms with Crippen molar-refractivity contribution in [1.82, 2.24) is 4.98 Å². The highest BCUT2D eigenvalue weighted by molar-refractivity contribution is 5.98. The number of hydrogen-bond donors (Lipinski definition) is 1. The molecule has 1 aromatic heterocycles. The number of anilines is 1. The average molecular weight is 398 g/mol. The summed E-state index contributed by atoms with van der Waals surface area (Å²) in [5.41, 5.74) is 0.460. The fraction of sp³-hybridized carbons (Fsp3) is 0.286. The average Bonchev–Trinajstić information content (AvgIpc) is 3.14. The lowest BCUT2D eigenvalue weighted by Crippen LogP contribution is -2.50. The van der Waals surface area contributed by atoms with Crippen LogP contribution in [-0.4, -0.2) is 35.7 Å². The summed E-state index contributed by atoms with van der Waals surface area (Å²) >= 11 is 0. The zero-order valence-electron chi connectivity index (χ0n) is 15.7. The summed E-state index contributed by atoms with van der Waals surface area (Å²) in [5.74, 6) is -1.10. The molecule has 2 aromatic carbocycles. The van der Waals surface area contributed by atoms with Gasteiger partial charge in [-0.25, -0.2) is 9.37 Å². The minimum Gasteiger partial charge on any atom is -0.449 e. The van der Waals surface area contributed by atoms with Crippen LogP contribution in [0, 0.1) is 5.82 Å². The van der Waals surface area contributed by atoms with Crippen LogP contribution in [0.4, 0.5) is 10.1 Å². The number of carbonyl (C=O) groups is 2. The Bertz CT molecular complexity index is 1050. The number of esters is 1. The number of amides is 1. The molecule has 1 fully saturated rings. The number of rotatable bonds is 4. The summed E-state index contributed by atoms with van der Waals surface area (Å²) in [6.45, 7) is 1.96. The first-order valence-corrected chi connectivity index (χ1v) is 9.21. The summed E-state index contributed by atoms with van der Waals surface area (Å²) < 4.78 is 30.0. The third kappa shape index (κ3) is 3.84. The largest absolute Gasteiger partial charge is 0.449 e. The van der Waals surface area contributed by atoms with Crippen LogP contribution in [0.2, 0.25) is 0 Å². The van der Waals surface area contributed by atoms with Crippen molar-refractivity contribution in [2.45, 2.75) is 25.4 Å². The van der Waals surface area contributed by atoms with Gasteiger partial charge in [-0.1, -0.05) is 6.07 Å². The van der Waals surface area contributed by atoms with Crippen LogP contribution in [0.5, 0.6) is 0 Å². The molecule has 0 spiro atoms. The monoisotopic (exact) mass is 398 g/mol. The fourth-order valence-electron chi connectivity index (χ4n) is 3.33. The normalized spacial score (nSPS) is 15.8. The van der Waals surface area contributed by atoms with Gasteiger partial charge >= 0.3 is 5.97 Å². The molecule has 0 radical (unpaired) electrons. The van der Waals surface area contributed by atoms with Gasteiger partial charge in [0.25, 0.3) is 5.91 Å². The van der Waals surface area contributed by atoms with Crippen molar-refractivity contribution >= 4 is 28.7 Å². The first-order chi connectivity index (χ1) is 14.0. The number of aromatic nitrogens is 1. The second kappa shape index (κ2) is 7.63. The number of ether oxygens (including phenoxy) is 2. The number of hydrogen-bond acceptors (Lipinski definition) is 6. The standard InChI is InChI=1S/C21H19FN2O5/c1-13(25)29-21(9-11-27-12-10-21)20(26)23-15-7-5-14(6-8-15)19-24-17-4-2-3-16(22)18(17)28-19/h2-8H,9-12H2,1H3,(H,23,26). The van der Waals surface area contributed by atoms with Gasteiger partial charge in [-0.3, -0.25) is 9.59 Å². The lowest BCUT2D eigenvalue weighted by Gasteiger charge is -2.34. The highest BCUT2D eigenvalue weighted by Crippen LogP contribution is 2.29. The molecule has 1 aliphatic heterocycles. The highest BCUT2D eigenvalue weighted by atomic mass is 19.1. The summed E-state index contributed by atoms with van der Waals surface area (Å²) in [6.07, 6.45) is 0.593. The zero-order chi connectivity index (χ0) is 20.4. The van der Waals surface area contributed by atoms with E-state index >= 15 is 0 Å². The lowest BCUT2D eigenvalue weighted by atomic mass is 9.92. The van der Waals surface area contributed by atoms with Crippen LogP contribution in [0.25, 0.3) is 22.6 Å². The van der Waals surface area contributed by atoms with E-state index in [9.17, 15) is 14.0 Å². The Morgan fingerprint density at radius 1 is 1.14 bits per heavy atom. The van der Waals surface area contributed by atoms with E-state index in [4.69, 9.17) is 13.9 Å². The molecule has 1 aliphatic rings. The van der Waals surface area contributed by atoms with Crippen LogP contribution in [-0.2, 0) is 19.1 Å². The molecule has 4 rings (SSSR count). The summed E-state index contributed by atoms with van der Waals surface area (Å²) in [6, 6.07) is 11.3. The maximum absolute atomic E-state index is 13.8. The molecule has 0 unspecified atom stereocenters. The van der Waals surface area contributed by atoms with Crippen LogP contribution in [0.15, 0.2) is 46.9 Å². The van der Waals surface area contributed by atoms with Gasteiger partial charge in [0.05, 0.1) is 13.2 Å². The van der Waals surface area contributed by atoms with Gasteiger partial charge in [0, 0.05) is 31.0 Å². The second-order valence-electron chi connectivity index (χ2n) is 6.84. The summed E-state index contributed by atoms with van der Waals surface area (Å²) in [7, 11) is 0. The first kappa shape index (κ1) is 19.1. The van der Waals surface area contributed by atoms with Gasteiger partial charge in [0.15, 0.2) is 17.0 Å². The molecule has 1 amide bonds. The molecule has 0 bridgehead atoms. The number of nitrogens with one attached hydrogen (secondary N) is 1. The topological polar surface area (TPSA) is 90.7 Å². The number of oxazole rings is 1. The number of carbonyl (C=O) groups excluding carboxylic acids is 2. The molecular weight excluding hydrogens is 379 g/mol. The summed E-state index contributed by atoms with van der Waals surface area (Å²) in [5, 5.41) is 2.79. The molecular formula is C21H19FN2O5. The Labute approximate surface area is 165 Å². The van der Waals surface area contributed by atoms with E-state index in [0.717, 1.165) is 0 Å². The summed E-state index contributed by atoms with van der Waals surface area (Å²) in [4.78, 5) is 28.6. The molecule has 29 heavy (non-hydrogen) atoms.